The Labute approximate surface area is 220 Å². The third-order valence-corrected chi connectivity index (χ3v) is 6.60. The molecular weight excluding hydrogens is 600 g/mol. The van der Waals surface area contributed by atoms with Crippen molar-refractivity contribution in [3.05, 3.63) is 138 Å². The summed E-state index contributed by atoms with van der Waals surface area (Å²) >= 11 is 10.5. The Kier molecular flexibility index (Phi) is 8.33. The van der Waals surface area contributed by atoms with Crippen molar-refractivity contribution in [2.45, 2.75) is 0 Å². The second kappa shape index (κ2) is 11.6. The minimum Gasteiger partial charge on any atom is -0.0544 e. The summed E-state index contributed by atoms with van der Waals surface area (Å²) in [7, 11) is 0. The van der Waals surface area contributed by atoms with Gasteiger partial charge in [0, 0.05) is 13.4 Å². The van der Waals surface area contributed by atoms with Gasteiger partial charge < -0.3 is 0 Å². The molecule has 0 saturated heterocycles. The van der Waals surface area contributed by atoms with Crippen LogP contribution in [-0.4, -0.2) is 0 Å². The lowest BCUT2D eigenvalue weighted by Gasteiger charge is -2.03. The maximum absolute atomic E-state index is 3.50. The molecule has 0 fully saturated rings. The molecule has 0 unspecified atom stereocenters. The van der Waals surface area contributed by atoms with Crippen molar-refractivity contribution < 1.29 is 0 Å². The zero-order valence-electron chi connectivity index (χ0n) is 17.8. The van der Waals surface area contributed by atoms with E-state index in [0.717, 1.165) is 30.1 Å². The number of benzene rings is 4. The molecule has 0 atom stereocenters. The molecule has 0 aliphatic rings. The number of hydrogen-bond donors (Lipinski definition) is 0. The summed E-state index contributed by atoms with van der Waals surface area (Å²) in [5.74, 6) is 0. The molecule has 4 aromatic carbocycles. The van der Waals surface area contributed by atoms with Crippen molar-refractivity contribution in [2.75, 3.05) is 0 Å². The highest BCUT2D eigenvalue weighted by Gasteiger charge is 1.98. The van der Waals surface area contributed by atoms with E-state index in [1.54, 1.807) is 0 Å². The Morgan fingerprint density at radius 1 is 0.303 bits per heavy atom. The van der Waals surface area contributed by atoms with E-state index in [1.807, 2.05) is 0 Å². The van der Waals surface area contributed by atoms with Crippen LogP contribution < -0.4 is 0 Å². The molecule has 0 spiro atoms. The van der Waals surface area contributed by atoms with Crippen LogP contribution in [0.3, 0.4) is 0 Å². The standard InChI is InChI=1S/C30H21Br3/c31-28-13-7-22(8-14-28)1-4-25-19-26(5-2-23-9-15-29(32)16-10-23)21-27(20-25)6-3-24-11-17-30(33)18-12-24/h1-21H/b4-1+,5-2+,6-3+. The third-order valence-electron chi connectivity index (χ3n) is 5.01. The SMILES string of the molecule is Brc1ccc(/C=C/c2cc(/C=C/c3ccc(Br)cc3)cc(/C=C/c3ccc(Br)cc3)c2)cc1. The molecule has 0 N–H and O–H groups in total. The van der Waals surface area contributed by atoms with E-state index in [2.05, 4.69) is 175 Å². The van der Waals surface area contributed by atoms with E-state index in [9.17, 15) is 0 Å². The molecule has 0 aromatic heterocycles. The average molecular weight is 621 g/mol. The molecule has 0 heterocycles. The maximum Gasteiger partial charge on any atom is 0.0175 e. The first-order chi connectivity index (χ1) is 16.0. The van der Waals surface area contributed by atoms with Gasteiger partial charge in [0.25, 0.3) is 0 Å². The Morgan fingerprint density at radius 2 is 0.515 bits per heavy atom. The lowest BCUT2D eigenvalue weighted by atomic mass is 10.0. The van der Waals surface area contributed by atoms with E-state index in [1.165, 1.54) is 16.7 Å². The second-order valence-electron chi connectivity index (χ2n) is 7.59. The van der Waals surface area contributed by atoms with Crippen LogP contribution in [0.15, 0.2) is 104 Å². The topological polar surface area (TPSA) is 0 Å². The maximum atomic E-state index is 3.50. The van der Waals surface area contributed by atoms with Gasteiger partial charge in [0.05, 0.1) is 0 Å². The van der Waals surface area contributed by atoms with Gasteiger partial charge in [-0.3, -0.25) is 0 Å². The zero-order chi connectivity index (χ0) is 23.0. The molecule has 0 bridgehead atoms. The molecule has 4 rings (SSSR count). The van der Waals surface area contributed by atoms with Gasteiger partial charge in [0.2, 0.25) is 0 Å². The van der Waals surface area contributed by atoms with Crippen LogP contribution in [0.4, 0.5) is 0 Å². The van der Waals surface area contributed by atoms with Gasteiger partial charge in [0.1, 0.15) is 0 Å². The normalized spacial score (nSPS) is 11.7. The van der Waals surface area contributed by atoms with Crippen LogP contribution >= 0.6 is 47.8 Å². The van der Waals surface area contributed by atoms with Gasteiger partial charge in [0.15, 0.2) is 0 Å². The van der Waals surface area contributed by atoms with Crippen molar-refractivity contribution in [1.29, 1.82) is 0 Å². The van der Waals surface area contributed by atoms with Crippen molar-refractivity contribution in [1.82, 2.24) is 0 Å². The molecule has 0 nitrogen and oxygen atoms in total. The molecule has 4 aromatic rings. The predicted octanol–water partition coefficient (Wildman–Crippen LogP) is 10.5. The summed E-state index contributed by atoms with van der Waals surface area (Å²) in [6.45, 7) is 0. The zero-order valence-corrected chi connectivity index (χ0v) is 22.5. The first-order valence-electron chi connectivity index (χ1n) is 10.5. The van der Waals surface area contributed by atoms with Crippen LogP contribution in [0.5, 0.6) is 0 Å². The van der Waals surface area contributed by atoms with E-state index in [4.69, 9.17) is 0 Å². The van der Waals surface area contributed by atoms with Crippen LogP contribution in [0.1, 0.15) is 33.4 Å². The summed E-state index contributed by atoms with van der Waals surface area (Å²) in [5, 5.41) is 0. The van der Waals surface area contributed by atoms with Gasteiger partial charge >= 0.3 is 0 Å². The summed E-state index contributed by atoms with van der Waals surface area (Å²) in [6.07, 6.45) is 12.9. The molecule has 3 heteroatoms. The molecule has 0 amide bonds. The van der Waals surface area contributed by atoms with Crippen molar-refractivity contribution in [3.8, 4) is 0 Å². The van der Waals surface area contributed by atoms with Crippen LogP contribution in [0, 0.1) is 0 Å². The van der Waals surface area contributed by atoms with Crippen molar-refractivity contribution in [2.24, 2.45) is 0 Å². The van der Waals surface area contributed by atoms with Gasteiger partial charge in [-0.1, -0.05) is 121 Å². The molecule has 0 radical (unpaired) electrons. The molecule has 0 saturated carbocycles. The fourth-order valence-corrected chi connectivity index (χ4v) is 4.08. The molecule has 0 aliphatic heterocycles. The van der Waals surface area contributed by atoms with Crippen molar-refractivity contribution >= 4 is 84.2 Å². The van der Waals surface area contributed by atoms with Crippen LogP contribution in [0.25, 0.3) is 36.5 Å². The summed E-state index contributed by atoms with van der Waals surface area (Å²) in [6, 6.07) is 31.6. The second-order valence-corrected chi connectivity index (χ2v) is 10.3. The predicted molar refractivity (Wildman–Crippen MR) is 156 cm³/mol. The van der Waals surface area contributed by atoms with Gasteiger partial charge in [-0.2, -0.15) is 0 Å². The van der Waals surface area contributed by atoms with E-state index in [-0.39, 0.29) is 0 Å². The Morgan fingerprint density at radius 3 is 0.758 bits per heavy atom. The summed E-state index contributed by atoms with van der Waals surface area (Å²) in [4.78, 5) is 0. The minimum atomic E-state index is 1.08. The summed E-state index contributed by atoms with van der Waals surface area (Å²) in [5.41, 5.74) is 6.98. The van der Waals surface area contributed by atoms with Gasteiger partial charge in [-0.15, -0.1) is 0 Å². The molecule has 0 aliphatic carbocycles. The number of rotatable bonds is 6. The third kappa shape index (κ3) is 7.53. The quantitative estimate of drug-likeness (QED) is 0.188. The van der Waals surface area contributed by atoms with Crippen LogP contribution in [-0.2, 0) is 0 Å². The fraction of sp³-hybridized carbons (Fsp3) is 0. The average Bonchev–Trinajstić information content (AvgIpc) is 2.83. The van der Waals surface area contributed by atoms with Gasteiger partial charge in [-0.25, -0.2) is 0 Å². The lowest BCUT2D eigenvalue weighted by Crippen LogP contribution is -1.82. The highest BCUT2D eigenvalue weighted by molar-refractivity contribution is 9.11. The van der Waals surface area contributed by atoms with E-state index in [0.29, 0.717) is 0 Å². The minimum absolute atomic E-state index is 1.08. The highest BCUT2D eigenvalue weighted by Crippen LogP contribution is 2.20. The molecular formula is C30H21Br3. The molecule has 33 heavy (non-hydrogen) atoms. The monoisotopic (exact) mass is 618 g/mol. The number of halogens is 3. The Hall–Kier alpha value is -2.46. The van der Waals surface area contributed by atoms with E-state index >= 15 is 0 Å². The van der Waals surface area contributed by atoms with Crippen LogP contribution in [0.2, 0.25) is 0 Å². The first kappa shape index (κ1) is 23.7. The smallest absolute Gasteiger partial charge is 0.0175 e. The lowest BCUT2D eigenvalue weighted by molar-refractivity contribution is 1.57. The Balaban J connectivity index is 1.64. The Bertz CT molecular complexity index is 1120. The summed E-state index contributed by atoms with van der Waals surface area (Å²) < 4.78 is 3.25. The fourth-order valence-electron chi connectivity index (χ4n) is 3.29. The van der Waals surface area contributed by atoms with Gasteiger partial charge in [-0.05, 0) is 88.0 Å². The number of hydrogen-bond acceptors (Lipinski definition) is 0. The van der Waals surface area contributed by atoms with Crippen molar-refractivity contribution in [3.63, 3.8) is 0 Å². The van der Waals surface area contributed by atoms with E-state index < -0.39 is 0 Å². The highest BCUT2D eigenvalue weighted by atomic mass is 79.9. The largest absolute Gasteiger partial charge is 0.0544 e. The first-order valence-corrected chi connectivity index (χ1v) is 12.9. The molecule has 162 valence electrons.